The van der Waals surface area contributed by atoms with Crippen molar-refractivity contribution in [3.8, 4) is 0 Å². The number of thioether (sulfide) groups is 1. The molecule has 2 aromatic rings. The molecule has 0 saturated heterocycles. The third kappa shape index (κ3) is 5.22. The van der Waals surface area contributed by atoms with Gasteiger partial charge in [-0.05, 0) is 49.6 Å². The van der Waals surface area contributed by atoms with Crippen LogP contribution in [-0.2, 0) is 12.3 Å². The number of aryl methyl sites for hydroxylation is 2. The maximum atomic E-state index is 3.46. The van der Waals surface area contributed by atoms with Gasteiger partial charge in [0.1, 0.15) is 0 Å². The van der Waals surface area contributed by atoms with Gasteiger partial charge in [0.15, 0.2) is 0 Å². The van der Waals surface area contributed by atoms with Gasteiger partial charge in [-0.3, -0.25) is 0 Å². The Bertz CT molecular complexity index is 578. The van der Waals surface area contributed by atoms with E-state index in [-0.39, 0.29) is 0 Å². The summed E-state index contributed by atoms with van der Waals surface area (Å²) in [6.07, 6.45) is 1.18. The van der Waals surface area contributed by atoms with Gasteiger partial charge in [0, 0.05) is 17.2 Å². The van der Waals surface area contributed by atoms with Crippen LogP contribution in [0.3, 0.4) is 0 Å². The molecule has 0 fully saturated rings. The zero-order valence-electron chi connectivity index (χ0n) is 13.3. The standard InChI is InChI=1S/C19H25NS/c1-4-10-20-13-17-8-9-19(16(3)12-17)21-14-18-7-5-6-15(2)11-18/h5-9,11-12,20H,4,10,13-14H2,1-3H3. The Labute approximate surface area is 133 Å². The zero-order chi connectivity index (χ0) is 15.1. The molecule has 0 amide bonds. The van der Waals surface area contributed by atoms with E-state index in [0.717, 1.165) is 18.8 Å². The minimum Gasteiger partial charge on any atom is -0.313 e. The zero-order valence-corrected chi connectivity index (χ0v) is 14.1. The van der Waals surface area contributed by atoms with E-state index >= 15 is 0 Å². The van der Waals surface area contributed by atoms with Crippen molar-refractivity contribution in [2.45, 2.75) is 44.4 Å². The normalized spacial score (nSPS) is 10.8. The van der Waals surface area contributed by atoms with E-state index in [1.54, 1.807) is 0 Å². The Kier molecular flexibility index (Phi) is 6.34. The predicted molar refractivity (Wildman–Crippen MR) is 93.9 cm³/mol. The third-order valence-corrected chi connectivity index (χ3v) is 4.72. The molecule has 2 rings (SSSR count). The van der Waals surface area contributed by atoms with Gasteiger partial charge >= 0.3 is 0 Å². The van der Waals surface area contributed by atoms with Crippen LogP contribution in [0.4, 0.5) is 0 Å². The number of rotatable bonds is 7. The van der Waals surface area contributed by atoms with Gasteiger partial charge in [0.2, 0.25) is 0 Å². The highest BCUT2D eigenvalue weighted by Crippen LogP contribution is 2.27. The Morgan fingerprint density at radius 3 is 2.57 bits per heavy atom. The van der Waals surface area contributed by atoms with Crippen molar-refractivity contribution in [3.05, 3.63) is 64.7 Å². The molecule has 0 spiro atoms. The average molecular weight is 299 g/mol. The summed E-state index contributed by atoms with van der Waals surface area (Å²) in [7, 11) is 0. The van der Waals surface area contributed by atoms with E-state index < -0.39 is 0 Å². The average Bonchev–Trinajstić information content (AvgIpc) is 2.47. The molecule has 0 atom stereocenters. The number of hydrogen-bond donors (Lipinski definition) is 1. The number of nitrogens with one attached hydrogen (secondary N) is 1. The minimum atomic E-state index is 0.970. The van der Waals surface area contributed by atoms with Crippen LogP contribution in [0.1, 0.15) is 35.6 Å². The molecular formula is C19H25NS. The van der Waals surface area contributed by atoms with Gasteiger partial charge in [-0.2, -0.15) is 0 Å². The quantitative estimate of drug-likeness (QED) is 0.564. The van der Waals surface area contributed by atoms with E-state index in [1.165, 1.54) is 33.6 Å². The van der Waals surface area contributed by atoms with Crippen LogP contribution in [0.5, 0.6) is 0 Å². The summed E-state index contributed by atoms with van der Waals surface area (Å²) in [6, 6.07) is 15.6. The lowest BCUT2D eigenvalue weighted by molar-refractivity contribution is 0.675. The molecule has 0 saturated carbocycles. The third-order valence-electron chi connectivity index (χ3n) is 3.47. The first kappa shape index (κ1) is 16.1. The summed E-state index contributed by atoms with van der Waals surface area (Å²) in [5, 5.41) is 3.46. The summed E-state index contributed by atoms with van der Waals surface area (Å²) in [5.74, 6) is 1.04. The lowest BCUT2D eigenvalue weighted by atomic mass is 10.1. The maximum Gasteiger partial charge on any atom is 0.0232 e. The molecule has 0 radical (unpaired) electrons. The van der Waals surface area contributed by atoms with Crippen LogP contribution in [-0.4, -0.2) is 6.54 Å². The fraction of sp³-hybridized carbons (Fsp3) is 0.368. The monoisotopic (exact) mass is 299 g/mol. The molecule has 21 heavy (non-hydrogen) atoms. The first-order valence-electron chi connectivity index (χ1n) is 7.67. The molecule has 2 heteroatoms. The van der Waals surface area contributed by atoms with E-state index in [2.05, 4.69) is 68.6 Å². The topological polar surface area (TPSA) is 12.0 Å². The molecule has 0 heterocycles. The van der Waals surface area contributed by atoms with Crippen molar-refractivity contribution in [2.24, 2.45) is 0 Å². The molecule has 0 aliphatic heterocycles. The largest absolute Gasteiger partial charge is 0.313 e. The van der Waals surface area contributed by atoms with E-state index in [0.29, 0.717) is 0 Å². The van der Waals surface area contributed by atoms with E-state index in [4.69, 9.17) is 0 Å². The SMILES string of the molecule is CCCNCc1ccc(SCc2cccc(C)c2)c(C)c1. The summed E-state index contributed by atoms with van der Waals surface area (Å²) in [4.78, 5) is 1.38. The van der Waals surface area contributed by atoms with Gasteiger partial charge in [-0.25, -0.2) is 0 Å². The molecule has 2 aromatic carbocycles. The highest BCUT2D eigenvalue weighted by atomic mass is 32.2. The molecular weight excluding hydrogens is 274 g/mol. The van der Waals surface area contributed by atoms with Crippen molar-refractivity contribution in [1.29, 1.82) is 0 Å². The summed E-state index contributed by atoms with van der Waals surface area (Å²) in [5.41, 5.74) is 5.49. The Morgan fingerprint density at radius 2 is 1.86 bits per heavy atom. The second kappa shape index (κ2) is 8.26. The molecule has 112 valence electrons. The number of benzene rings is 2. The summed E-state index contributed by atoms with van der Waals surface area (Å²) >= 11 is 1.93. The van der Waals surface area contributed by atoms with E-state index in [9.17, 15) is 0 Å². The maximum absolute atomic E-state index is 3.46. The highest BCUT2D eigenvalue weighted by molar-refractivity contribution is 7.98. The van der Waals surface area contributed by atoms with Crippen LogP contribution in [0.25, 0.3) is 0 Å². The van der Waals surface area contributed by atoms with Crippen LogP contribution >= 0.6 is 11.8 Å². The fourth-order valence-corrected chi connectivity index (χ4v) is 3.31. The molecule has 1 nitrogen and oxygen atoms in total. The van der Waals surface area contributed by atoms with Crippen molar-refractivity contribution in [1.82, 2.24) is 5.32 Å². The Balaban J connectivity index is 1.94. The van der Waals surface area contributed by atoms with Crippen molar-refractivity contribution in [2.75, 3.05) is 6.54 Å². The fourth-order valence-electron chi connectivity index (χ4n) is 2.36. The van der Waals surface area contributed by atoms with Crippen LogP contribution in [0.2, 0.25) is 0 Å². The highest BCUT2D eigenvalue weighted by Gasteiger charge is 2.02. The van der Waals surface area contributed by atoms with Gasteiger partial charge < -0.3 is 5.32 Å². The van der Waals surface area contributed by atoms with Gasteiger partial charge in [0.25, 0.3) is 0 Å². The Hall–Kier alpha value is -1.25. The lowest BCUT2D eigenvalue weighted by Gasteiger charge is -2.09. The van der Waals surface area contributed by atoms with Gasteiger partial charge in [0.05, 0.1) is 0 Å². The van der Waals surface area contributed by atoms with Crippen LogP contribution in [0.15, 0.2) is 47.4 Å². The van der Waals surface area contributed by atoms with Crippen molar-refractivity contribution >= 4 is 11.8 Å². The van der Waals surface area contributed by atoms with E-state index in [1.807, 2.05) is 11.8 Å². The van der Waals surface area contributed by atoms with Crippen LogP contribution < -0.4 is 5.32 Å². The van der Waals surface area contributed by atoms with Gasteiger partial charge in [-0.1, -0.05) is 48.9 Å². The smallest absolute Gasteiger partial charge is 0.0232 e. The summed E-state index contributed by atoms with van der Waals surface area (Å²) < 4.78 is 0. The molecule has 1 N–H and O–H groups in total. The lowest BCUT2D eigenvalue weighted by Crippen LogP contribution is -2.13. The molecule has 0 aliphatic rings. The van der Waals surface area contributed by atoms with Crippen LogP contribution in [0, 0.1) is 13.8 Å². The second-order valence-electron chi connectivity index (χ2n) is 5.55. The minimum absolute atomic E-state index is 0.970. The molecule has 0 bridgehead atoms. The first-order chi connectivity index (χ1) is 10.2. The summed E-state index contributed by atoms with van der Waals surface area (Å²) in [6.45, 7) is 8.61. The Morgan fingerprint density at radius 1 is 1.00 bits per heavy atom. The van der Waals surface area contributed by atoms with Crippen molar-refractivity contribution in [3.63, 3.8) is 0 Å². The predicted octanol–water partition coefficient (Wildman–Crippen LogP) is 5.10. The molecule has 0 unspecified atom stereocenters. The molecule has 0 aromatic heterocycles. The van der Waals surface area contributed by atoms with Crippen molar-refractivity contribution < 1.29 is 0 Å². The molecule has 0 aliphatic carbocycles. The van der Waals surface area contributed by atoms with Gasteiger partial charge in [-0.15, -0.1) is 11.8 Å². The number of hydrogen-bond acceptors (Lipinski definition) is 2. The first-order valence-corrected chi connectivity index (χ1v) is 8.66. The second-order valence-corrected chi connectivity index (χ2v) is 6.57.